The quantitative estimate of drug-likeness (QED) is 0.793. The lowest BCUT2D eigenvalue weighted by atomic mass is 9.74. The Morgan fingerprint density at radius 2 is 1.69 bits per heavy atom. The molecule has 0 aromatic heterocycles. The monoisotopic (exact) mass is 402 g/mol. The summed E-state index contributed by atoms with van der Waals surface area (Å²) in [6, 6.07) is 5.42. The average Bonchev–Trinajstić information content (AvgIpc) is 2.54. The zero-order chi connectivity index (χ0) is 19.7. The molecule has 1 saturated carbocycles. The first-order chi connectivity index (χ1) is 11.9. The van der Waals surface area contributed by atoms with E-state index < -0.39 is 20.0 Å². The minimum absolute atomic E-state index is 0.0128. The van der Waals surface area contributed by atoms with Crippen LogP contribution >= 0.6 is 0 Å². The molecular formula is C18H30N2O4S2. The predicted octanol–water partition coefficient (Wildman–Crippen LogP) is 2.68. The van der Waals surface area contributed by atoms with Crippen molar-refractivity contribution in [3.05, 3.63) is 24.3 Å². The Kier molecular flexibility index (Phi) is 6.53. The molecule has 0 spiro atoms. The van der Waals surface area contributed by atoms with Gasteiger partial charge in [0.2, 0.25) is 20.0 Å². The number of hydrogen-bond donors (Lipinski definition) is 1. The van der Waals surface area contributed by atoms with E-state index in [0.717, 1.165) is 23.6 Å². The molecule has 2 rings (SSSR count). The van der Waals surface area contributed by atoms with Gasteiger partial charge in [-0.15, -0.1) is 0 Å². The van der Waals surface area contributed by atoms with Gasteiger partial charge in [-0.1, -0.05) is 33.3 Å². The summed E-state index contributed by atoms with van der Waals surface area (Å²) in [5, 5.41) is 0. The van der Waals surface area contributed by atoms with Crippen LogP contribution in [0.1, 0.15) is 40.0 Å². The first kappa shape index (κ1) is 21.3. The first-order valence-electron chi connectivity index (χ1n) is 9.00. The summed E-state index contributed by atoms with van der Waals surface area (Å²) in [6.07, 6.45) is 2.91. The van der Waals surface area contributed by atoms with Gasteiger partial charge in [-0.3, -0.25) is 0 Å². The Hall–Kier alpha value is -0.960. The van der Waals surface area contributed by atoms with Crippen molar-refractivity contribution < 1.29 is 16.8 Å². The maximum absolute atomic E-state index is 12.9. The Labute approximate surface area is 158 Å². The van der Waals surface area contributed by atoms with Gasteiger partial charge in [-0.2, -0.15) is 0 Å². The van der Waals surface area contributed by atoms with Crippen LogP contribution in [0.4, 0.5) is 0 Å². The summed E-state index contributed by atoms with van der Waals surface area (Å²) in [5.41, 5.74) is 0. The van der Waals surface area contributed by atoms with Gasteiger partial charge in [-0.25, -0.2) is 25.9 Å². The molecule has 148 valence electrons. The van der Waals surface area contributed by atoms with Gasteiger partial charge in [0, 0.05) is 20.1 Å². The molecule has 1 fully saturated rings. The Morgan fingerprint density at radius 1 is 1.08 bits per heavy atom. The Morgan fingerprint density at radius 3 is 2.27 bits per heavy atom. The first-order valence-corrected chi connectivity index (χ1v) is 11.9. The average molecular weight is 403 g/mol. The van der Waals surface area contributed by atoms with Gasteiger partial charge in [0.15, 0.2) is 0 Å². The maximum Gasteiger partial charge on any atom is 0.242 e. The number of sulfonamides is 2. The van der Waals surface area contributed by atoms with Crippen molar-refractivity contribution in [3.63, 3.8) is 0 Å². The summed E-state index contributed by atoms with van der Waals surface area (Å²) >= 11 is 0. The summed E-state index contributed by atoms with van der Waals surface area (Å²) in [4.78, 5) is -0.0380. The van der Waals surface area contributed by atoms with Gasteiger partial charge in [0.1, 0.15) is 0 Å². The van der Waals surface area contributed by atoms with Crippen molar-refractivity contribution in [2.24, 2.45) is 17.8 Å². The van der Waals surface area contributed by atoms with Gasteiger partial charge >= 0.3 is 0 Å². The van der Waals surface area contributed by atoms with E-state index >= 15 is 0 Å². The number of nitrogens with zero attached hydrogens (tertiary/aromatic N) is 1. The highest BCUT2D eigenvalue weighted by atomic mass is 32.2. The summed E-state index contributed by atoms with van der Waals surface area (Å²) in [7, 11) is -4.63. The van der Waals surface area contributed by atoms with Gasteiger partial charge in [0.05, 0.1) is 9.79 Å². The van der Waals surface area contributed by atoms with Crippen LogP contribution in [0.25, 0.3) is 0 Å². The second-order valence-electron chi connectivity index (χ2n) is 7.82. The molecule has 1 aliphatic rings. The fourth-order valence-electron chi connectivity index (χ4n) is 3.62. The molecule has 0 heterocycles. The highest BCUT2D eigenvalue weighted by molar-refractivity contribution is 7.90. The molecule has 0 amide bonds. The van der Waals surface area contributed by atoms with Crippen LogP contribution in [-0.4, -0.2) is 41.3 Å². The van der Waals surface area contributed by atoms with Crippen molar-refractivity contribution >= 4 is 20.0 Å². The number of rotatable bonds is 6. The molecule has 0 bridgehead atoms. The maximum atomic E-state index is 12.9. The molecule has 1 aromatic rings. The molecule has 1 N–H and O–H groups in total. The lowest BCUT2D eigenvalue weighted by Gasteiger charge is -2.37. The summed E-state index contributed by atoms with van der Waals surface area (Å²) < 4.78 is 54.3. The minimum Gasteiger partial charge on any atom is -0.208 e. The van der Waals surface area contributed by atoms with Crippen molar-refractivity contribution in [1.29, 1.82) is 0 Å². The summed E-state index contributed by atoms with van der Waals surface area (Å²) in [6.45, 7) is 6.38. The Balaban J connectivity index is 2.33. The van der Waals surface area contributed by atoms with Gasteiger partial charge in [-0.05, 0) is 48.8 Å². The zero-order valence-corrected chi connectivity index (χ0v) is 17.8. The largest absolute Gasteiger partial charge is 0.242 e. The van der Waals surface area contributed by atoms with Gasteiger partial charge in [0.25, 0.3) is 0 Å². The lowest BCUT2D eigenvalue weighted by molar-refractivity contribution is 0.188. The third kappa shape index (κ3) is 4.65. The van der Waals surface area contributed by atoms with Crippen LogP contribution in [0.15, 0.2) is 34.1 Å². The van der Waals surface area contributed by atoms with E-state index in [-0.39, 0.29) is 21.8 Å². The normalized spacial score (nSPS) is 25.0. The van der Waals surface area contributed by atoms with E-state index in [1.807, 2.05) is 0 Å². The molecule has 0 aliphatic heterocycles. The van der Waals surface area contributed by atoms with Crippen LogP contribution in [0.5, 0.6) is 0 Å². The molecule has 6 nitrogen and oxygen atoms in total. The SMILES string of the molecule is CC(C)[C@H]1CC[C@@H](C)C[C@@H]1NS(=O)(=O)c1cccc(S(=O)(=O)N(C)C)c1. The number of hydrogen-bond acceptors (Lipinski definition) is 4. The van der Waals surface area contributed by atoms with Gasteiger partial charge < -0.3 is 0 Å². The third-order valence-electron chi connectivity index (χ3n) is 5.22. The van der Waals surface area contributed by atoms with Crippen molar-refractivity contribution in [1.82, 2.24) is 9.03 Å². The molecule has 0 unspecified atom stereocenters. The fourth-order valence-corrected chi connectivity index (χ4v) is 5.99. The van der Waals surface area contributed by atoms with Crippen LogP contribution in [-0.2, 0) is 20.0 Å². The van der Waals surface area contributed by atoms with E-state index in [4.69, 9.17) is 0 Å². The Bertz CT molecular complexity index is 833. The minimum atomic E-state index is -3.79. The number of benzene rings is 1. The smallest absolute Gasteiger partial charge is 0.208 e. The number of nitrogens with one attached hydrogen (secondary N) is 1. The second-order valence-corrected chi connectivity index (χ2v) is 11.7. The van der Waals surface area contributed by atoms with Crippen LogP contribution in [0.3, 0.4) is 0 Å². The van der Waals surface area contributed by atoms with Crippen molar-refractivity contribution in [2.75, 3.05) is 14.1 Å². The molecule has 8 heteroatoms. The van der Waals surface area contributed by atoms with Crippen LogP contribution < -0.4 is 4.72 Å². The molecule has 0 radical (unpaired) electrons. The highest BCUT2D eigenvalue weighted by Crippen LogP contribution is 2.34. The van der Waals surface area contributed by atoms with E-state index in [1.54, 1.807) is 0 Å². The third-order valence-corrected chi connectivity index (χ3v) is 8.52. The summed E-state index contributed by atoms with van der Waals surface area (Å²) in [5.74, 6) is 1.14. The van der Waals surface area contributed by atoms with E-state index in [1.165, 1.54) is 38.4 Å². The molecule has 3 atom stereocenters. The van der Waals surface area contributed by atoms with Crippen LogP contribution in [0, 0.1) is 17.8 Å². The molecule has 0 saturated heterocycles. The second kappa shape index (κ2) is 7.96. The molecule has 26 heavy (non-hydrogen) atoms. The molecule has 1 aromatic carbocycles. The van der Waals surface area contributed by atoms with Crippen molar-refractivity contribution in [3.8, 4) is 0 Å². The zero-order valence-electron chi connectivity index (χ0n) is 16.1. The fraction of sp³-hybridized carbons (Fsp3) is 0.667. The molecular weight excluding hydrogens is 372 g/mol. The topological polar surface area (TPSA) is 83.5 Å². The van der Waals surface area contributed by atoms with Crippen LogP contribution in [0.2, 0.25) is 0 Å². The van der Waals surface area contributed by atoms with Crippen molar-refractivity contribution in [2.45, 2.75) is 55.9 Å². The van der Waals surface area contributed by atoms with E-state index in [9.17, 15) is 16.8 Å². The highest BCUT2D eigenvalue weighted by Gasteiger charge is 2.34. The van der Waals surface area contributed by atoms with E-state index in [0.29, 0.717) is 11.8 Å². The molecule has 1 aliphatic carbocycles. The standard InChI is InChI=1S/C18H30N2O4S2/c1-13(2)17-10-9-14(3)11-18(17)19-25(21,22)15-7-6-8-16(12-15)26(23,24)20(4)5/h6-8,12-14,17-19H,9-11H2,1-5H3/t14-,17-,18+/m1/s1. The van der Waals surface area contributed by atoms with E-state index in [2.05, 4.69) is 25.5 Å². The predicted molar refractivity (Wildman–Crippen MR) is 103 cm³/mol. The lowest BCUT2D eigenvalue weighted by Crippen LogP contribution is -2.45.